The highest BCUT2D eigenvalue weighted by Gasteiger charge is 2.51. The number of nitrogens with one attached hydrogen (secondary N) is 1. The van der Waals surface area contributed by atoms with Crippen LogP contribution < -0.4 is 5.32 Å². The first-order valence-corrected chi connectivity index (χ1v) is 34.4. The van der Waals surface area contributed by atoms with Crippen LogP contribution in [0.2, 0.25) is 0 Å². The van der Waals surface area contributed by atoms with Crippen LogP contribution in [0.5, 0.6) is 0 Å². The standard InChI is InChI=1S/C74H123NO13/c1-3-5-7-9-11-13-15-17-19-21-22-23-24-25-26-27-28-29-30-31-32-33-34-35-36-37-38-39-40-42-44-46-48-50-52-54-56-58-66(79)75-62(63(78)57-55-53-51-49-47-45-43-41-20-18-16-14-12-10-8-6-4-2)61-85-73-71(84)69(82)72(65(60-77)87-73)88-74-70(83)68(81)67(80)64(59-76)86-74/h5,7,11,13,17,19,22-23,25-26,28-29,31-32,34-35,37-38,47,49,55,57,62-65,67-74,76-78,80-84H,3-4,6,8-10,12,14-16,18,20-21,24,27,30,33,36,39-46,48,50-54,56,58-61H2,1-2H3,(H,75,79)/b7-5-,13-11-,19-17-,23-22-,26-25-,29-28-,32-31-,35-34-,38-37-,49-47+,57-55+. The van der Waals surface area contributed by atoms with Crippen molar-refractivity contribution in [2.45, 2.75) is 306 Å². The lowest BCUT2D eigenvalue weighted by atomic mass is 9.97. The van der Waals surface area contributed by atoms with Gasteiger partial charge in [-0.05, 0) is 103 Å². The van der Waals surface area contributed by atoms with Crippen LogP contribution in [0, 0.1) is 0 Å². The van der Waals surface area contributed by atoms with E-state index in [0.717, 1.165) is 103 Å². The molecule has 2 heterocycles. The second kappa shape index (κ2) is 57.1. The zero-order chi connectivity index (χ0) is 63.8. The predicted octanol–water partition coefficient (Wildman–Crippen LogP) is 13.9. The lowest BCUT2D eigenvalue weighted by Gasteiger charge is -2.46. The van der Waals surface area contributed by atoms with Gasteiger partial charge in [0.1, 0.15) is 48.8 Å². The zero-order valence-electron chi connectivity index (χ0n) is 54.4. The number of unbranched alkanes of at least 4 members (excludes halogenated alkanes) is 21. The molecule has 2 aliphatic heterocycles. The third-order valence-electron chi connectivity index (χ3n) is 15.8. The Morgan fingerprint density at radius 3 is 1.25 bits per heavy atom. The largest absolute Gasteiger partial charge is 0.394 e. The summed E-state index contributed by atoms with van der Waals surface area (Å²) in [6.07, 6.45) is 67.8. The van der Waals surface area contributed by atoms with E-state index in [1.54, 1.807) is 6.08 Å². The second-order valence-electron chi connectivity index (χ2n) is 23.6. The van der Waals surface area contributed by atoms with Crippen molar-refractivity contribution in [3.63, 3.8) is 0 Å². The highest BCUT2D eigenvalue weighted by atomic mass is 16.7. The Morgan fingerprint density at radius 2 is 0.795 bits per heavy atom. The van der Waals surface area contributed by atoms with Gasteiger partial charge in [0.05, 0.1) is 32.0 Å². The normalized spacial score (nSPS) is 24.0. The maximum Gasteiger partial charge on any atom is 0.220 e. The van der Waals surface area contributed by atoms with Crippen molar-refractivity contribution >= 4 is 5.91 Å². The summed E-state index contributed by atoms with van der Waals surface area (Å²) in [6, 6.07) is -0.945. The molecule has 2 rings (SSSR count). The van der Waals surface area contributed by atoms with Crippen molar-refractivity contribution in [1.82, 2.24) is 5.32 Å². The number of carbonyl (C=O) groups excluding carboxylic acids is 1. The molecular weight excluding hydrogens is 1110 g/mol. The predicted molar refractivity (Wildman–Crippen MR) is 359 cm³/mol. The molecule has 2 fully saturated rings. The van der Waals surface area contributed by atoms with Crippen molar-refractivity contribution in [3.05, 3.63) is 134 Å². The zero-order valence-corrected chi connectivity index (χ0v) is 54.4. The first-order chi connectivity index (χ1) is 43.1. The molecule has 0 radical (unpaired) electrons. The van der Waals surface area contributed by atoms with Crippen molar-refractivity contribution in [2.24, 2.45) is 0 Å². The second-order valence-corrected chi connectivity index (χ2v) is 23.6. The van der Waals surface area contributed by atoms with E-state index >= 15 is 0 Å². The average Bonchev–Trinajstić information content (AvgIpc) is 2.07. The molecule has 0 bridgehead atoms. The molecule has 1 amide bonds. The molecule has 0 saturated carbocycles. The van der Waals surface area contributed by atoms with E-state index in [-0.39, 0.29) is 18.9 Å². The third-order valence-corrected chi connectivity index (χ3v) is 15.8. The minimum atomic E-state index is -1.80. The van der Waals surface area contributed by atoms with Gasteiger partial charge < -0.3 is 65.1 Å². The summed E-state index contributed by atoms with van der Waals surface area (Å²) in [5, 5.41) is 87.3. The van der Waals surface area contributed by atoms with Gasteiger partial charge in [0.25, 0.3) is 0 Å². The number of carbonyl (C=O) groups is 1. The van der Waals surface area contributed by atoms with E-state index < -0.39 is 86.8 Å². The molecule has 9 N–H and O–H groups in total. The van der Waals surface area contributed by atoms with Crippen LogP contribution in [-0.4, -0.2) is 140 Å². The molecule has 0 aromatic carbocycles. The fraction of sp³-hybridized carbons (Fsp3) is 0.689. The van der Waals surface area contributed by atoms with E-state index in [4.69, 9.17) is 18.9 Å². The molecule has 12 unspecified atom stereocenters. The molecule has 88 heavy (non-hydrogen) atoms. The van der Waals surface area contributed by atoms with Crippen molar-refractivity contribution in [2.75, 3.05) is 19.8 Å². The number of ether oxygens (including phenoxy) is 4. The van der Waals surface area contributed by atoms with E-state index in [9.17, 15) is 45.6 Å². The third kappa shape index (κ3) is 40.8. The molecule has 0 spiro atoms. The van der Waals surface area contributed by atoms with Crippen molar-refractivity contribution in [1.29, 1.82) is 0 Å². The van der Waals surface area contributed by atoms with Crippen LogP contribution in [0.3, 0.4) is 0 Å². The van der Waals surface area contributed by atoms with Crippen LogP contribution in [0.4, 0.5) is 0 Å². The molecule has 2 aliphatic rings. The SMILES string of the molecule is CC/C=C\C/C=C\C/C=C\C/C=C\C/C=C\C/C=C\C/C=C\C/C=C\C/C=C\CCCCCCCCCCCC(=O)NC(COC1OC(CO)C(OC2OC(CO)C(O)C(O)C2O)C(O)C1O)C(O)/C=C/CC/C=C/CCCCCCCCCCCCC. The smallest absolute Gasteiger partial charge is 0.220 e. The van der Waals surface area contributed by atoms with Crippen LogP contribution in [0.25, 0.3) is 0 Å². The van der Waals surface area contributed by atoms with Gasteiger partial charge in [-0.25, -0.2) is 0 Å². The molecule has 14 heteroatoms. The molecule has 14 nitrogen and oxygen atoms in total. The molecule has 0 aliphatic carbocycles. The minimum Gasteiger partial charge on any atom is -0.394 e. The van der Waals surface area contributed by atoms with Gasteiger partial charge in [-0.2, -0.15) is 0 Å². The summed E-state index contributed by atoms with van der Waals surface area (Å²) in [5.74, 6) is -0.261. The maximum atomic E-state index is 13.3. The average molecular weight is 1230 g/mol. The molecule has 502 valence electrons. The van der Waals surface area contributed by atoms with Crippen LogP contribution in [0.15, 0.2) is 134 Å². The summed E-state index contributed by atoms with van der Waals surface area (Å²) >= 11 is 0. The van der Waals surface area contributed by atoms with Crippen LogP contribution in [0.1, 0.15) is 232 Å². The summed E-state index contributed by atoms with van der Waals surface area (Å²) < 4.78 is 22.8. The van der Waals surface area contributed by atoms with Crippen LogP contribution in [-0.2, 0) is 23.7 Å². The number of hydrogen-bond donors (Lipinski definition) is 9. The number of hydrogen-bond acceptors (Lipinski definition) is 13. The number of amides is 1. The molecule has 2 saturated heterocycles. The lowest BCUT2D eigenvalue weighted by Crippen LogP contribution is -2.65. The van der Waals surface area contributed by atoms with Crippen molar-refractivity contribution < 1.29 is 64.6 Å². The quantitative estimate of drug-likeness (QED) is 0.0204. The Balaban J connectivity index is 1.67. The topological polar surface area (TPSA) is 228 Å². The lowest BCUT2D eigenvalue weighted by molar-refractivity contribution is -0.359. The first kappa shape index (κ1) is 80.2. The van der Waals surface area contributed by atoms with Gasteiger partial charge in [0.15, 0.2) is 12.6 Å². The fourth-order valence-electron chi connectivity index (χ4n) is 10.4. The fourth-order valence-corrected chi connectivity index (χ4v) is 10.4. The first-order valence-electron chi connectivity index (χ1n) is 34.4. The molecule has 0 aromatic rings. The van der Waals surface area contributed by atoms with Gasteiger partial charge in [-0.15, -0.1) is 0 Å². The monoisotopic (exact) mass is 1230 g/mol. The summed E-state index contributed by atoms with van der Waals surface area (Å²) in [7, 11) is 0. The summed E-state index contributed by atoms with van der Waals surface area (Å²) in [6.45, 7) is 2.65. The maximum absolute atomic E-state index is 13.3. The van der Waals surface area contributed by atoms with Gasteiger partial charge in [0.2, 0.25) is 5.91 Å². The van der Waals surface area contributed by atoms with Gasteiger partial charge in [-0.3, -0.25) is 4.79 Å². The van der Waals surface area contributed by atoms with E-state index in [1.165, 1.54) is 96.3 Å². The summed E-state index contributed by atoms with van der Waals surface area (Å²) in [4.78, 5) is 13.3. The summed E-state index contributed by atoms with van der Waals surface area (Å²) in [5.41, 5.74) is 0. The molecular formula is C74H123NO13. The highest BCUT2D eigenvalue weighted by Crippen LogP contribution is 2.30. The highest BCUT2D eigenvalue weighted by molar-refractivity contribution is 5.76. The van der Waals surface area contributed by atoms with Crippen LogP contribution >= 0.6 is 0 Å². The van der Waals surface area contributed by atoms with E-state index in [1.807, 2.05) is 6.08 Å². The molecule has 0 aromatic heterocycles. The Bertz CT molecular complexity index is 1990. The van der Waals surface area contributed by atoms with Gasteiger partial charge in [-0.1, -0.05) is 257 Å². The van der Waals surface area contributed by atoms with Gasteiger partial charge >= 0.3 is 0 Å². The Kier molecular flexibility index (Phi) is 52.0. The number of aliphatic hydroxyl groups excluding tert-OH is 8. The van der Waals surface area contributed by atoms with Gasteiger partial charge in [0, 0.05) is 6.42 Å². The Hall–Kier alpha value is -3.87. The van der Waals surface area contributed by atoms with E-state index in [0.29, 0.717) is 12.8 Å². The minimum absolute atomic E-state index is 0.258. The number of aliphatic hydroxyl groups is 8. The Morgan fingerprint density at radius 1 is 0.420 bits per heavy atom. The number of allylic oxidation sites excluding steroid dienone is 21. The van der Waals surface area contributed by atoms with Crippen molar-refractivity contribution in [3.8, 4) is 0 Å². The Labute approximate surface area is 532 Å². The number of rotatable bonds is 54. The molecule has 12 atom stereocenters. The van der Waals surface area contributed by atoms with E-state index in [2.05, 4.69) is 141 Å².